The van der Waals surface area contributed by atoms with Gasteiger partial charge in [0, 0.05) is 12.5 Å². The molecule has 1 rings (SSSR count). The van der Waals surface area contributed by atoms with Crippen LogP contribution >= 0.6 is 0 Å². The normalized spacial score (nSPS) is 9.20. The van der Waals surface area contributed by atoms with Crippen molar-refractivity contribution in [1.82, 2.24) is 5.16 Å². The van der Waals surface area contributed by atoms with E-state index >= 15 is 0 Å². The third-order valence-corrected chi connectivity index (χ3v) is 1.04. The van der Waals surface area contributed by atoms with Gasteiger partial charge in [0.2, 0.25) is 0 Å². The van der Waals surface area contributed by atoms with E-state index < -0.39 is 0 Å². The largest absolute Gasteiger partial charge is 0.467 e. The maximum absolute atomic E-state index is 9.67. The van der Waals surface area contributed by atoms with Gasteiger partial charge >= 0.3 is 0 Å². The molecule has 0 N–H and O–H groups in total. The van der Waals surface area contributed by atoms with Crippen LogP contribution in [0.25, 0.3) is 0 Å². The Kier molecular flexibility index (Phi) is 2.49. The molecule has 0 atom stereocenters. The Hall–Kier alpha value is -1.32. The van der Waals surface area contributed by atoms with E-state index in [1.54, 1.807) is 6.07 Å². The van der Waals surface area contributed by atoms with E-state index in [2.05, 4.69) is 14.4 Å². The Balaban J connectivity index is 2.21. The third kappa shape index (κ3) is 1.89. The molecule has 4 nitrogen and oxygen atoms in total. The fourth-order valence-electron chi connectivity index (χ4n) is 0.578. The first-order valence-electron chi connectivity index (χ1n) is 2.88. The zero-order chi connectivity index (χ0) is 7.23. The maximum Gasteiger partial charge on any atom is 0.293 e. The van der Waals surface area contributed by atoms with Gasteiger partial charge in [0.25, 0.3) is 6.47 Å². The molecule has 0 aliphatic heterocycles. The fraction of sp³-hybridized carbons (Fsp3) is 0.333. The first-order valence-corrected chi connectivity index (χ1v) is 2.88. The van der Waals surface area contributed by atoms with Crippen LogP contribution in [0.4, 0.5) is 0 Å². The Bertz CT molecular complexity index is 183. The molecular weight excluding hydrogens is 134 g/mol. The summed E-state index contributed by atoms with van der Waals surface area (Å²) in [5.41, 5.74) is 0.793. The first-order chi connectivity index (χ1) is 4.93. The minimum atomic E-state index is 0.357. The smallest absolute Gasteiger partial charge is 0.293 e. The number of aromatic nitrogens is 1. The van der Waals surface area contributed by atoms with E-state index in [4.69, 9.17) is 0 Å². The van der Waals surface area contributed by atoms with Crippen LogP contribution in [0, 0.1) is 0 Å². The van der Waals surface area contributed by atoms with Crippen molar-refractivity contribution in [2.45, 2.75) is 6.42 Å². The molecule has 0 saturated carbocycles. The number of carbonyl (C=O) groups excluding carboxylic acids is 1. The zero-order valence-electron chi connectivity index (χ0n) is 5.32. The summed E-state index contributed by atoms with van der Waals surface area (Å²) in [5.74, 6) is 0. The van der Waals surface area contributed by atoms with E-state index in [0.717, 1.165) is 5.69 Å². The van der Waals surface area contributed by atoms with Crippen molar-refractivity contribution in [2.75, 3.05) is 6.61 Å². The lowest BCUT2D eigenvalue weighted by molar-refractivity contribution is -0.128. The van der Waals surface area contributed by atoms with E-state index in [0.29, 0.717) is 19.5 Å². The highest BCUT2D eigenvalue weighted by molar-refractivity contribution is 5.36. The highest BCUT2D eigenvalue weighted by Gasteiger charge is 1.94. The van der Waals surface area contributed by atoms with Crippen molar-refractivity contribution in [3.8, 4) is 0 Å². The lowest BCUT2D eigenvalue weighted by atomic mass is 10.3. The summed E-state index contributed by atoms with van der Waals surface area (Å²) in [7, 11) is 0. The fourth-order valence-corrected chi connectivity index (χ4v) is 0.578. The molecule has 0 amide bonds. The van der Waals surface area contributed by atoms with Crippen LogP contribution < -0.4 is 0 Å². The first kappa shape index (κ1) is 6.80. The predicted molar refractivity (Wildman–Crippen MR) is 32.2 cm³/mol. The molecule has 1 aromatic heterocycles. The van der Waals surface area contributed by atoms with Gasteiger partial charge in [-0.1, -0.05) is 5.16 Å². The minimum absolute atomic E-state index is 0.357. The van der Waals surface area contributed by atoms with E-state index in [-0.39, 0.29) is 0 Å². The zero-order valence-corrected chi connectivity index (χ0v) is 5.32. The van der Waals surface area contributed by atoms with Crippen LogP contribution in [0.3, 0.4) is 0 Å². The summed E-state index contributed by atoms with van der Waals surface area (Å²) in [6.07, 6.45) is 2.09. The average molecular weight is 141 g/mol. The molecule has 4 heteroatoms. The van der Waals surface area contributed by atoms with Gasteiger partial charge in [-0.05, 0) is 0 Å². The molecule has 0 spiro atoms. The van der Waals surface area contributed by atoms with Gasteiger partial charge in [-0.25, -0.2) is 0 Å². The average Bonchev–Trinajstić information content (AvgIpc) is 2.41. The number of hydrogen-bond donors (Lipinski definition) is 0. The van der Waals surface area contributed by atoms with E-state index in [1.165, 1.54) is 6.26 Å². The monoisotopic (exact) mass is 141 g/mol. The lowest BCUT2D eigenvalue weighted by Gasteiger charge is -1.91. The van der Waals surface area contributed by atoms with Crippen molar-refractivity contribution in [3.63, 3.8) is 0 Å². The van der Waals surface area contributed by atoms with Crippen molar-refractivity contribution in [3.05, 3.63) is 18.0 Å². The van der Waals surface area contributed by atoms with Gasteiger partial charge in [-0.2, -0.15) is 0 Å². The number of carbonyl (C=O) groups is 1. The summed E-state index contributed by atoms with van der Waals surface area (Å²) in [6, 6.07) is 1.73. The summed E-state index contributed by atoms with van der Waals surface area (Å²) < 4.78 is 9.00. The molecule has 54 valence electrons. The number of rotatable bonds is 4. The molecular formula is C6H7NO3. The molecule has 1 aromatic rings. The van der Waals surface area contributed by atoms with Crippen LogP contribution in [-0.2, 0) is 16.0 Å². The molecule has 0 aliphatic rings. The van der Waals surface area contributed by atoms with Crippen molar-refractivity contribution in [2.24, 2.45) is 0 Å². The Labute approximate surface area is 57.8 Å². The van der Waals surface area contributed by atoms with Gasteiger partial charge in [0.15, 0.2) is 0 Å². The van der Waals surface area contributed by atoms with Gasteiger partial charge in [0.05, 0.1) is 12.3 Å². The summed E-state index contributed by atoms with van der Waals surface area (Å²) >= 11 is 0. The standard InChI is InChI=1S/C6H7NO3/c8-5-9-3-1-6-2-4-10-7-6/h2,4-5H,1,3H2. The number of hydrogen-bond acceptors (Lipinski definition) is 4. The Morgan fingerprint density at radius 1 is 1.80 bits per heavy atom. The summed E-state index contributed by atoms with van der Waals surface area (Å²) in [4.78, 5) is 9.67. The Morgan fingerprint density at radius 2 is 2.70 bits per heavy atom. The maximum atomic E-state index is 9.67. The molecule has 0 aliphatic carbocycles. The number of nitrogens with zero attached hydrogens (tertiary/aromatic N) is 1. The van der Waals surface area contributed by atoms with Gasteiger partial charge in [-0.3, -0.25) is 4.79 Å². The predicted octanol–water partition coefficient (Wildman–Crippen LogP) is 0.390. The van der Waals surface area contributed by atoms with Gasteiger partial charge in [-0.15, -0.1) is 0 Å². The van der Waals surface area contributed by atoms with Crippen molar-refractivity contribution in [1.29, 1.82) is 0 Å². The minimum Gasteiger partial charge on any atom is -0.467 e. The van der Waals surface area contributed by atoms with Crippen molar-refractivity contribution < 1.29 is 14.1 Å². The van der Waals surface area contributed by atoms with E-state index in [1.807, 2.05) is 0 Å². The lowest BCUT2D eigenvalue weighted by Crippen LogP contribution is -1.96. The van der Waals surface area contributed by atoms with E-state index in [9.17, 15) is 4.79 Å². The van der Waals surface area contributed by atoms with Crippen LogP contribution in [-0.4, -0.2) is 18.2 Å². The molecule has 0 unspecified atom stereocenters. The van der Waals surface area contributed by atoms with Crippen LogP contribution in [0.5, 0.6) is 0 Å². The molecule has 0 bridgehead atoms. The summed E-state index contributed by atoms with van der Waals surface area (Å²) in [5, 5.41) is 3.62. The van der Waals surface area contributed by atoms with Crippen LogP contribution in [0.15, 0.2) is 16.9 Å². The highest BCUT2D eigenvalue weighted by atomic mass is 16.5. The second-order valence-electron chi connectivity index (χ2n) is 1.71. The summed E-state index contributed by atoms with van der Waals surface area (Å²) in [6.45, 7) is 0.774. The molecule has 10 heavy (non-hydrogen) atoms. The topological polar surface area (TPSA) is 52.3 Å². The SMILES string of the molecule is O=COCCc1ccon1. The second-order valence-corrected chi connectivity index (χ2v) is 1.71. The van der Waals surface area contributed by atoms with Gasteiger partial charge in [0.1, 0.15) is 6.26 Å². The number of ether oxygens (including phenoxy) is 1. The molecule has 0 aromatic carbocycles. The van der Waals surface area contributed by atoms with Crippen LogP contribution in [0.2, 0.25) is 0 Å². The van der Waals surface area contributed by atoms with Gasteiger partial charge < -0.3 is 9.26 Å². The molecule has 0 fully saturated rings. The molecule has 1 heterocycles. The third-order valence-electron chi connectivity index (χ3n) is 1.04. The van der Waals surface area contributed by atoms with Crippen molar-refractivity contribution >= 4 is 6.47 Å². The quantitative estimate of drug-likeness (QED) is 0.449. The second kappa shape index (κ2) is 3.66. The van der Waals surface area contributed by atoms with Crippen LogP contribution in [0.1, 0.15) is 5.69 Å². The molecule has 0 saturated heterocycles. The molecule has 0 radical (unpaired) electrons. The highest BCUT2D eigenvalue weighted by Crippen LogP contribution is 1.94. The Morgan fingerprint density at radius 3 is 3.30 bits per heavy atom.